The van der Waals surface area contributed by atoms with Gasteiger partial charge < -0.3 is 11.1 Å². The number of primary amides is 1. The third-order valence-electron chi connectivity index (χ3n) is 3.16. The number of halogens is 1. The van der Waals surface area contributed by atoms with Gasteiger partial charge in [-0.2, -0.15) is 0 Å². The lowest BCUT2D eigenvalue weighted by atomic mass is 10.1. The summed E-state index contributed by atoms with van der Waals surface area (Å²) >= 11 is 0. The third kappa shape index (κ3) is 3.27. The second-order valence-electron chi connectivity index (χ2n) is 4.55. The van der Waals surface area contributed by atoms with Gasteiger partial charge in [-0.25, -0.2) is 4.39 Å². The van der Waals surface area contributed by atoms with Gasteiger partial charge in [0.05, 0.1) is 0 Å². The summed E-state index contributed by atoms with van der Waals surface area (Å²) in [4.78, 5) is 13.1. The van der Waals surface area contributed by atoms with Gasteiger partial charge in [0, 0.05) is 30.8 Å². The molecule has 1 aromatic rings. The van der Waals surface area contributed by atoms with E-state index in [9.17, 15) is 9.18 Å². The van der Waals surface area contributed by atoms with E-state index in [2.05, 4.69) is 10.2 Å². The molecule has 0 radical (unpaired) electrons. The number of rotatable bonds is 3. The maximum atomic E-state index is 13.8. The van der Waals surface area contributed by atoms with Crippen molar-refractivity contribution in [3.8, 4) is 0 Å². The first-order valence-electron chi connectivity index (χ1n) is 6.18. The van der Waals surface area contributed by atoms with Gasteiger partial charge in [0.25, 0.3) is 0 Å². The lowest BCUT2D eigenvalue weighted by Gasteiger charge is -2.19. The van der Waals surface area contributed by atoms with E-state index in [-0.39, 0.29) is 11.4 Å². The summed E-state index contributed by atoms with van der Waals surface area (Å²) < 4.78 is 13.8. The molecular weight excluding hydrogens is 233 g/mol. The molecule has 1 aliphatic heterocycles. The van der Waals surface area contributed by atoms with E-state index in [1.54, 1.807) is 12.1 Å². The number of hydrogen-bond acceptors (Lipinski definition) is 3. The van der Waals surface area contributed by atoms with E-state index >= 15 is 0 Å². The number of nitrogens with one attached hydrogen (secondary N) is 1. The first-order chi connectivity index (χ1) is 8.66. The summed E-state index contributed by atoms with van der Waals surface area (Å²) in [5, 5.41) is 3.31. The van der Waals surface area contributed by atoms with Crippen molar-refractivity contribution < 1.29 is 9.18 Å². The van der Waals surface area contributed by atoms with Crippen LogP contribution in [-0.4, -0.2) is 37.0 Å². The van der Waals surface area contributed by atoms with Crippen molar-refractivity contribution in [2.24, 2.45) is 5.73 Å². The highest BCUT2D eigenvalue weighted by Crippen LogP contribution is 2.13. The second-order valence-corrected chi connectivity index (χ2v) is 4.55. The Labute approximate surface area is 106 Å². The monoisotopic (exact) mass is 251 g/mol. The quantitative estimate of drug-likeness (QED) is 0.832. The average Bonchev–Trinajstić information content (AvgIpc) is 2.60. The van der Waals surface area contributed by atoms with Crippen molar-refractivity contribution >= 4 is 5.91 Å². The summed E-state index contributed by atoms with van der Waals surface area (Å²) in [6, 6.07) is 4.44. The Morgan fingerprint density at radius 2 is 2.22 bits per heavy atom. The highest BCUT2D eigenvalue weighted by Gasteiger charge is 2.12. The molecule has 0 atom stereocenters. The zero-order valence-electron chi connectivity index (χ0n) is 10.3. The van der Waals surface area contributed by atoms with Gasteiger partial charge in [-0.05, 0) is 31.6 Å². The van der Waals surface area contributed by atoms with E-state index in [0.717, 1.165) is 32.6 Å². The van der Waals surface area contributed by atoms with Gasteiger partial charge in [-0.3, -0.25) is 9.69 Å². The minimum atomic E-state index is -0.598. The van der Waals surface area contributed by atoms with Crippen LogP contribution in [-0.2, 0) is 6.54 Å². The van der Waals surface area contributed by atoms with Crippen LogP contribution in [0.25, 0.3) is 0 Å². The number of carbonyl (C=O) groups is 1. The molecule has 1 aromatic carbocycles. The Morgan fingerprint density at radius 1 is 1.39 bits per heavy atom. The summed E-state index contributed by atoms with van der Waals surface area (Å²) in [7, 11) is 0. The molecule has 0 aliphatic carbocycles. The first kappa shape index (κ1) is 13.0. The third-order valence-corrected chi connectivity index (χ3v) is 3.16. The summed E-state index contributed by atoms with van der Waals surface area (Å²) in [5.74, 6) is -0.956. The molecule has 1 fully saturated rings. The number of amides is 1. The van der Waals surface area contributed by atoms with Crippen molar-refractivity contribution in [1.82, 2.24) is 10.2 Å². The molecule has 1 amide bonds. The zero-order chi connectivity index (χ0) is 13.0. The van der Waals surface area contributed by atoms with Gasteiger partial charge in [-0.1, -0.05) is 6.07 Å². The molecule has 1 aliphatic rings. The van der Waals surface area contributed by atoms with E-state index in [1.807, 2.05) is 0 Å². The maximum absolute atomic E-state index is 13.8. The Kier molecular flexibility index (Phi) is 4.28. The summed E-state index contributed by atoms with van der Waals surface area (Å²) in [6.07, 6.45) is 1.07. The number of benzene rings is 1. The fraction of sp³-hybridized carbons (Fsp3) is 0.462. The van der Waals surface area contributed by atoms with Gasteiger partial charge >= 0.3 is 0 Å². The van der Waals surface area contributed by atoms with E-state index < -0.39 is 5.91 Å². The maximum Gasteiger partial charge on any atom is 0.248 e. The van der Waals surface area contributed by atoms with Gasteiger partial charge in [0.2, 0.25) is 5.91 Å². The van der Waals surface area contributed by atoms with Crippen LogP contribution in [0.4, 0.5) is 4.39 Å². The molecule has 18 heavy (non-hydrogen) atoms. The zero-order valence-corrected chi connectivity index (χ0v) is 10.3. The van der Waals surface area contributed by atoms with Crippen LogP contribution >= 0.6 is 0 Å². The van der Waals surface area contributed by atoms with E-state index in [1.165, 1.54) is 6.07 Å². The first-order valence-corrected chi connectivity index (χ1v) is 6.18. The Bertz CT molecular complexity index is 428. The fourth-order valence-electron chi connectivity index (χ4n) is 2.13. The summed E-state index contributed by atoms with van der Waals surface area (Å²) in [5.41, 5.74) is 5.94. The van der Waals surface area contributed by atoms with E-state index in [0.29, 0.717) is 12.1 Å². The van der Waals surface area contributed by atoms with Crippen molar-refractivity contribution in [2.75, 3.05) is 26.2 Å². The van der Waals surface area contributed by atoms with Gasteiger partial charge in [0.15, 0.2) is 0 Å². The lowest BCUT2D eigenvalue weighted by Crippen LogP contribution is -2.28. The highest BCUT2D eigenvalue weighted by molar-refractivity contribution is 5.92. The molecule has 0 aromatic heterocycles. The topological polar surface area (TPSA) is 58.4 Å². The molecule has 98 valence electrons. The Morgan fingerprint density at radius 3 is 2.94 bits per heavy atom. The lowest BCUT2D eigenvalue weighted by molar-refractivity contribution is 0.1000. The van der Waals surface area contributed by atoms with Crippen molar-refractivity contribution in [1.29, 1.82) is 0 Å². The molecule has 0 saturated carbocycles. The molecule has 2 rings (SSSR count). The molecule has 0 spiro atoms. The minimum Gasteiger partial charge on any atom is -0.366 e. The van der Waals surface area contributed by atoms with Gasteiger partial charge in [0.1, 0.15) is 5.82 Å². The predicted octanol–water partition coefficient (Wildman–Crippen LogP) is 0.720. The van der Waals surface area contributed by atoms with Crippen LogP contribution in [0.2, 0.25) is 0 Å². The standard InChI is InChI=1S/C13H18FN3O/c14-12-8-10(13(15)18)2-3-11(12)9-17-6-1-4-16-5-7-17/h2-3,8,16H,1,4-7,9H2,(H2,15,18). The number of carbonyl (C=O) groups excluding carboxylic acids is 1. The van der Waals surface area contributed by atoms with Crippen LogP contribution in [0.5, 0.6) is 0 Å². The largest absolute Gasteiger partial charge is 0.366 e. The van der Waals surface area contributed by atoms with Crippen molar-refractivity contribution in [3.63, 3.8) is 0 Å². The van der Waals surface area contributed by atoms with Crippen LogP contribution in [0.3, 0.4) is 0 Å². The molecule has 4 nitrogen and oxygen atoms in total. The normalized spacial score (nSPS) is 17.4. The number of nitrogens with two attached hydrogens (primary N) is 1. The molecule has 1 heterocycles. The van der Waals surface area contributed by atoms with Crippen LogP contribution in [0, 0.1) is 5.82 Å². The molecule has 5 heteroatoms. The molecule has 0 unspecified atom stereocenters. The highest BCUT2D eigenvalue weighted by atomic mass is 19.1. The minimum absolute atomic E-state index is 0.216. The summed E-state index contributed by atoms with van der Waals surface area (Å²) in [6.45, 7) is 4.40. The number of hydrogen-bond donors (Lipinski definition) is 2. The fourth-order valence-corrected chi connectivity index (χ4v) is 2.13. The van der Waals surface area contributed by atoms with Crippen molar-refractivity contribution in [3.05, 3.63) is 35.1 Å². The van der Waals surface area contributed by atoms with Crippen LogP contribution < -0.4 is 11.1 Å². The van der Waals surface area contributed by atoms with Crippen molar-refractivity contribution in [2.45, 2.75) is 13.0 Å². The van der Waals surface area contributed by atoms with E-state index in [4.69, 9.17) is 5.73 Å². The van der Waals surface area contributed by atoms with Crippen LogP contribution in [0.15, 0.2) is 18.2 Å². The SMILES string of the molecule is NC(=O)c1ccc(CN2CCCNCC2)c(F)c1. The molecule has 0 bridgehead atoms. The predicted molar refractivity (Wildman–Crippen MR) is 67.7 cm³/mol. The second kappa shape index (κ2) is 5.93. The van der Waals surface area contributed by atoms with Crippen LogP contribution in [0.1, 0.15) is 22.3 Å². The van der Waals surface area contributed by atoms with Gasteiger partial charge in [-0.15, -0.1) is 0 Å². The Hall–Kier alpha value is -1.46. The Balaban J connectivity index is 2.06. The average molecular weight is 251 g/mol. The number of nitrogens with zero attached hydrogens (tertiary/aromatic N) is 1. The molecule has 3 N–H and O–H groups in total. The smallest absolute Gasteiger partial charge is 0.248 e. The molecular formula is C13H18FN3O. The molecule has 1 saturated heterocycles.